The highest BCUT2D eigenvalue weighted by Crippen LogP contribution is 2.40. The van der Waals surface area contributed by atoms with Crippen LogP contribution in [0.4, 0.5) is 0 Å². The number of nitrogens with zero attached hydrogens (tertiary/aromatic N) is 2. The third-order valence-corrected chi connectivity index (χ3v) is 8.33. The van der Waals surface area contributed by atoms with Crippen molar-refractivity contribution >= 4 is 50.1 Å². The number of rotatable bonds is 7. The van der Waals surface area contributed by atoms with Gasteiger partial charge in [-0.25, -0.2) is 9.79 Å². The molecule has 1 aromatic heterocycles. The van der Waals surface area contributed by atoms with Crippen LogP contribution in [-0.2, 0) is 9.53 Å². The second-order valence-corrected chi connectivity index (χ2v) is 10.8. The fraction of sp³-hybridized carbons (Fsp3) is 0.233. The molecule has 0 radical (unpaired) electrons. The van der Waals surface area contributed by atoms with Gasteiger partial charge in [-0.1, -0.05) is 41.7 Å². The second-order valence-electron chi connectivity index (χ2n) is 8.93. The van der Waals surface area contributed by atoms with Gasteiger partial charge >= 0.3 is 5.97 Å². The van der Waals surface area contributed by atoms with Gasteiger partial charge < -0.3 is 18.9 Å². The molecule has 0 saturated carbocycles. The Labute approximate surface area is 242 Å². The van der Waals surface area contributed by atoms with E-state index >= 15 is 0 Å². The minimum Gasteiger partial charge on any atom is -0.496 e. The molecule has 0 fully saturated rings. The predicted molar refractivity (Wildman–Crippen MR) is 158 cm³/mol. The zero-order chi connectivity index (χ0) is 28.6. The molecule has 40 heavy (non-hydrogen) atoms. The molecule has 206 valence electrons. The molecule has 5 rings (SSSR count). The zero-order valence-electron chi connectivity index (χ0n) is 22.6. The maximum atomic E-state index is 14.2. The number of hydrogen-bond acceptors (Lipinski definition) is 8. The van der Waals surface area contributed by atoms with Crippen molar-refractivity contribution in [1.82, 2.24) is 4.57 Å². The molecule has 0 spiro atoms. The first-order valence-corrected chi connectivity index (χ1v) is 14.1. The Morgan fingerprint density at radius 3 is 2.48 bits per heavy atom. The topological polar surface area (TPSA) is 88.4 Å². The Hall–Kier alpha value is -3.89. The van der Waals surface area contributed by atoms with E-state index in [1.54, 1.807) is 51.9 Å². The molecule has 0 amide bonds. The van der Waals surface area contributed by atoms with Gasteiger partial charge in [0.25, 0.3) is 5.56 Å². The van der Waals surface area contributed by atoms with Crippen molar-refractivity contribution in [2.75, 3.05) is 27.9 Å². The number of ether oxygens (including phenoxy) is 4. The van der Waals surface area contributed by atoms with Gasteiger partial charge in [-0.2, -0.15) is 0 Å². The summed E-state index contributed by atoms with van der Waals surface area (Å²) in [4.78, 5) is 32.7. The molecular weight excluding hydrogens is 596 g/mol. The third kappa shape index (κ3) is 4.71. The van der Waals surface area contributed by atoms with Crippen LogP contribution in [0.1, 0.15) is 31.0 Å². The zero-order valence-corrected chi connectivity index (χ0v) is 25.0. The standard InChI is InChI=1S/C30H27BrN2O6S/c1-6-39-29(35)25-16(2)32-30-33(27(25)26-19-10-8-7-9-17(19)11-12-21(26)36-3)28(34)24(40-30)14-18-13-20(31)23(38-5)15-22(18)37-4/h7-15,27H,6H2,1-5H3/b24-14-/t27-/m0/s1. The van der Waals surface area contributed by atoms with Crippen molar-refractivity contribution in [2.24, 2.45) is 4.99 Å². The third-order valence-electron chi connectivity index (χ3n) is 6.73. The smallest absolute Gasteiger partial charge is 0.338 e. The van der Waals surface area contributed by atoms with E-state index < -0.39 is 12.0 Å². The van der Waals surface area contributed by atoms with Crippen molar-refractivity contribution in [2.45, 2.75) is 19.9 Å². The van der Waals surface area contributed by atoms with E-state index in [0.717, 1.165) is 10.8 Å². The number of carbonyl (C=O) groups is 1. The van der Waals surface area contributed by atoms with Crippen LogP contribution < -0.4 is 29.1 Å². The largest absolute Gasteiger partial charge is 0.496 e. The Balaban J connectivity index is 1.84. The maximum Gasteiger partial charge on any atom is 0.338 e. The lowest BCUT2D eigenvalue weighted by molar-refractivity contribution is -0.139. The molecule has 10 heteroatoms. The molecule has 0 bridgehead atoms. The summed E-state index contributed by atoms with van der Waals surface area (Å²) in [5.41, 5.74) is 1.85. The fourth-order valence-electron chi connectivity index (χ4n) is 4.94. The lowest BCUT2D eigenvalue weighted by atomic mass is 9.90. The van der Waals surface area contributed by atoms with Crippen LogP contribution in [0.15, 0.2) is 74.1 Å². The number of methoxy groups -OCH3 is 3. The second kappa shape index (κ2) is 11.3. The average molecular weight is 624 g/mol. The number of benzene rings is 3. The number of esters is 1. The van der Waals surface area contributed by atoms with Crippen molar-refractivity contribution in [3.8, 4) is 17.2 Å². The Morgan fingerprint density at radius 1 is 1.05 bits per heavy atom. The monoisotopic (exact) mass is 622 g/mol. The first kappa shape index (κ1) is 27.7. The summed E-state index contributed by atoms with van der Waals surface area (Å²) in [6.07, 6.45) is 1.76. The van der Waals surface area contributed by atoms with E-state index in [9.17, 15) is 9.59 Å². The molecule has 8 nitrogen and oxygen atoms in total. The van der Waals surface area contributed by atoms with E-state index in [2.05, 4.69) is 15.9 Å². The minimum atomic E-state index is -0.817. The highest BCUT2D eigenvalue weighted by molar-refractivity contribution is 9.10. The van der Waals surface area contributed by atoms with Gasteiger partial charge in [0.05, 0.1) is 48.2 Å². The van der Waals surface area contributed by atoms with Crippen LogP contribution in [0.25, 0.3) is 16.8 Å². The number of halogens is 1. The van der Waals surface area contributed by atoms with Crippen molar-refractivity contribution in [3.63, 3.8) is 0 Å². The molecule has 0 saturated heterocycles. The van der Waals surface area contributed by atoms with E-state index in [-0.39, 0.29) is 12.2 Å². The van der Waals surface area contributed by atoms with Gasteiger partial charge in [0.15, 0.2) is 4.80 Å². The molecule has 0 unspecified atom stereocenters. The summed E-state index contributed by atoms with van der Waals surface area (Å²) < 4.78 is 24.9. The van der Waals surface area contributed by atoms with Crippen LogP contribution in [0.2, 0.25) is 0 Å². The molecule has 1 aliphatic heterocycles. The first-order chi connectivity index (χ1) is 19.3. The van der Waals surface area contributed by atoms with E-state index in [1.165, 1.54) is 11.3 Å². The van der Waals surface area contributed by atoms with Gasteiger partial charge in [0, 0.05) is 17.2 Å². The van der Waals surface area contributed by atoms with Crippen molar-refractivity contribution < 1.29 is 23.7 Å². The molecule has 1 atom stereocenters. The summed E-state index contributed by atoms with van der Waals surface area (Å²) in [6.45, 7) is 3.69. The van der Waals surface area contributed by atoms with Crippen molar-refractivity contribution in [1.29, 1.82) is 0 Å². The molecule has 0 N–H and O–H groups in total. The number of fused-ring (bicyclic) bond motifs is 2. The number of hydrogen-bond donors (Lipinski definition) is 0. The lowest BCUT2D eigenvalue weighted by Gasteiger charge is -2.27. The summed E-state index contributed by atoms with van der Waals surface area (Å²) in [7, 11) is 4.71. The summed E-state index contributed by atoms with van der Waals surface area (Å²) in [5, 5.41) is 1.81. The molecule has 1 aliphatic rings. The Bertz CT molecular complexity index is 1860. The first-order valence-electron chi connectivity index (χ1n) is 12.5. The quantitative estimate of drug-likeness (QED) is 0.277. The predicted octanol–water partition coefficient (Wildman–Crippen LogP) is 4.74. The van der Waals surface area contributed by atoms with E-state index in [1.807, 2.05) is 42.5 Å². The average Bonchev–Trinajstić information content (AvgIpc) is 3.25. The summed E-state index contributed by atoms with van der Waals surface area (Å²) in [5.74, 6) is 1.17. The molecule has 4 aromatic rings. The maximum absolute atomic E-state index is 14.2. The normalized spacial score (nSPS) is 15.1. The van der Waals surface area contributed by atoms with E-state index in [4.69, 9.17) is 23.9 Å². The number of aromatic nitrogens is 1. The highest BCUT2D eigenvalue weighted by Gasteiger charge is 2.36. The summed E-state index contributed by atoms with van der Waals surface area (Å²) in [6, 6.07) is 14.4. The van der Waals surface area contributed by atoms with Crippen LogP contribution in [0.5, 0.6) is 17.2 Å². The molecular formula is C30H27BrN2O6S. The van der Waals surface area contributed by atoms with Crippen LogP contribution in [0.3, 0.4) is 0 Å². The van der Waals surface area contributed by atoms with Crippen molar-refractivity contribution in [3.05, 3.63) is 95.1 Å². The number of carbonyl (C=O) groups excluding carboxylic acids is 1. The van der Waals surface area contributed by atoms with Crippen LogP contribution in [0, 0.1) is 0 Å². The van der Waals surface area contributed by atoms with E-state index in [0.29, 0.717) is 53.5 Å². The SMILES string of the molecule is CCOC(=O)C1=C(C)N=c2s/c(=C\c3cc(Br)c(OC)cc3OC)c(=O)n2[C@@H]1c1c(OC)ccc2ccccc12. The van der Waals surface area contributed by atoms with Gasteiger partial charge in [0.1, 0.15) is 23.3 Å². The van der Waals surface area contributed by atoms with Gasteiger partial charge in [-0.3, -0.25) is 9.36 Å². The Kier molecular flexibility index (Phi) is 7.82. The summed E-state index contributed by atoms with van der Waals surface area (Å²) >= 11 is 4.75. The van der Waals surface area contributed by atoms with Crippen LogP contribution >= 0.6 is 27.3 Å². The van der Waals surface area contributed by atoms with Crippen LogP contribution in [-0.4, -0.2) is 38.5 Å². The molecule has 0 aliphatic carbocycles. The van der Waals surface area contributed by atoms with Gasteiger partial charge in [-0.05, 0) is 58.8 Å². The highest BCUT2D eigenvalue weighted by atomic mass is 79.9. The number of allylic oxidation sites excluding steroid dienone is 1. The lowest BCUT2D eigenvalue weighted by Crippen LogP contribution is -2.40. The molecule has 2 heterocycles. The fourth-order valence-corrected chi connectivity index (χ4v) is 6.50. The minimum absolute atomic E-state index is 0.186. The van der Waals surface area contributed by atoms with Gasteiger partial charge in [-0.15, -0.1) is 0 Å². The Morgan fingerprint density at radius 2 is 1.77 bits per heavy atom. The van der Waals surface area contributed by atoms with Gasteiger partial charge in [0.2, 0.25) is 0 Å². The number of thiazole rings is 1. The molecule has 3 aromatic carbocycles.